The minimum atomic E-state index is -0.405. The van der Waals surface area contributed by atoms with Gasteiger partial charge in [0.25, 0.3) is 0 Å². The van der Waals surface area contributed by atoms with E-state index >= 15 is 0 Å². The minimum Gasteiger partial charge on any atom is -0.369 e. The van der Waals surface area contributed by atoms with Gasteiger partial charge in [0.05, 0.1) is 25.6 Å². The molecular weight excluding hydrogens is 336 g/mol. The Hall–Kier alpha value is -0.880. The van der Waals surface area contributed by atoms with E-state index < -0.39 is 4.93 Å². The lowest BCUT2D eigenvalue weighted by Crippen LogP contribution is -2.29. The van der Waals surface area contributed by atoms with Crippen LogP contribution in [0.4, 0.5) is 0 Å². The number of nitrogens with one attached hydrogen (secondary N) is 2. The fourth-order valence-electron chi connectivity index (χ4n) is 1.04. The van der Waals surface area contributed by atoms with Gasteiger partial charge < -0.3 is 20.1 Å². The Morgan fingerprint density at radius 1 is 1.22 bits per heavy atom. The minimum absolute atomic E-state index is 0.0319. The molecule has 0 bridgehead atoms. The van der Waals surface area contributed by atoms with Gasteiger partial charge in [0, 0.05) is 6.92 Å². The van der Waals surface area contributed by atoms with Crippen molar-refractivity contribution in [3.05, 3.63) is 0 Å². The zero-order chi connectivity index (χ0) is 18.1. The van der Waals surface area contributed by atoms with Crippen molar-refractivity contribution in [2.24, 2.45) is 0 Å². The SMILES string of the molecule is C#CCNC(=O)COCCOC(C)(C)SSCNC(C)=O.CC. The van der Waals surface area contributed by atoms with Gasteiger partial charge in [-0.1, -0.05) is 41.4 Å². The van der Waals surface area contributed by atoms with Crippen molar-refractivity contribution in [3.8, 4) is 12.3 Å². The summed E-state index contributed by atoms with van der Waals surface area (Å²) in [7, 11) is 3.02. The average molecular weight is 365 g/mol. The van der Waals surface area contributed by atoms with Crippen LogP contribution in [0.1, 0.15) is 34.6 Å². The summed E-state index contributed by atoms with van der Waals surface area (Å²) < 4.78 is 10.8. The van der Waals surface area contributed by atoms with Crippen LogP contribution in [0.5, 0.6) is 0 Å². The van der Waals surface area contributed by atoms with Gasteiger partial charge in [0.15, 0.2) is 0 Å². The van der Waals surface area contributed by atoms with Crippen molar-refractivity contribution in [1.82, 2.24) is 10.6 Å². The molecule has 0 aromatic carbocycles. The van der Waals surface area contributed by atoms with Crippen LogP contribution in [-0.4, -0.2) is 49.0 Å². The van der Waals surface area contributed by atoms with E-state index in [1.807, 2.05) is 27.7 Å². The van der Waals surface area contributed by atoms with Crippen molar-refractivity contribution in [1.29, 1.82) is 0 Å². The smallest absolute Gasteiger partial charge is 0.246 e. The van der Waals surface area contributed by atoms with Crippen LogP contribution in [0.3, 0.4) is 0 Å². The van der Waals surface area contributed by atoms with Crippen molar-refractivity contribution < 1.29 is 19.1 Å². The Morgan fingerprint density at radius 3 is 2.43 bits per heavy atom. The van der Waals surface area contributed by atoms with Crippen molar-refractivity contribution in [3.63, 3.8) is 0 Å². The molecule has 0 saturated heterocycles. The molecule has 134 valence electrons. The molecule has 0 radical (unpaired) electrons. The number of terminal acetylenes is 1. The highest BCUT2D eigenvalue weighted by molar-refractivity contribution is 8.77. The average Bonchev–Trinajstić information content (AvgIpc) is 2.51. The first-order chi connectivity index (χ1) is 10.9. The third kappa shape index (κ3) is 19.1. The molecule has 0 aliphatic heterocycles. The Labute approximate surface area is 147 Å². The standard InChI is InChI=1S/C13H22N2O4S2.C2H6/c1-5-6-14-12(17)9-18-7-8-19-13(3,4)21-20-10-15-11(2)16;1-2/h1H,6-10H2,2-4H3,(H,14,17)(H,15,16);1-2H3. The second-order valence-electron chi connectivity index (χ2n) is 4.36. The molecule has 0 heterocycles. The Morgan fingerprint density at radius 2 is 1.87 bits per heavy atom. The van der Waals surface area contributed by atoms with Crippen molar-refractivity contribution in [2.75, 3.05) is 32.2 Å². The van der Waals surface area contributed by atoms with Gasteiger partial charge in [-0.15, -0.1) is 6.42 Å². The molecule has 23 heavy (non-hydrogen) atoms. The van der Waals surface area contributed by atoms with Gasteiger partial charge in [-0.25, -0.2) is 0 Å². The topological polar surface area (TPSA) is 76.7 Å². The first-order valence-corrected chi connectivity index (χ1v) is 9.66. The zero-order valence-corrected chi connectivity index (χ0v) is 16.2. The zero-order valence-electron chi connectivity index (χ0n) is 14.6. The van der Waals surface area contributed by atoms with Crippen molar-refractivity contribution >= 4 is 33.4 Å². The molecule has 6 nitrogen and oxygen atoms in total. The van der Waals surface area contributed by atoms with Gasteiger partial charge in [-0.2, -0.15) is 0 Å². The van der Waals surface area contributed by atoms with Gasteiger partial charge in [0.2, 0.25) is 11.8 Å². The monoisotopic (exact) mass is 364 g/mol. The normalized spacial score (nSPS) is 10.1. The van der Waals surface area contributed by atoms with Crippen molar-refractivity contribution in [2.45, 2.75) is 39.6 Å². The molecular formula is C15H28N2O4S2. The largest absolute Gasteiger partial charge is 0.369 e. The number of hydrogen-bond donors (Lipinski definition) is 2. The molecule has 0 rings (SSSR count). The van der Waals surface area contributed by atoms with E-state index in [1.165, 1.54) is 28.5 Å². The predicted octanol–water partition coefficient (Wildman–Crippen LogP) is 2.01. The first-order valence-electron chi connectivity index (χ1n) is 7.34. The number of hydrogen-bond acceptors (Lipinski definition) is 6. The van der Waals surface area contributed by atoms with Gasteiger partial charge in [0.1, 0.15) is 11.5 Å². The van der Waals surface area contributed by atoms with Crippen LogP contribution in [0.25, 0.3) is 0 Å². The Kier molecular flexibility index (Phi) is 16.9. The summed E-state index contributed by atoms with van der Waals surface area (Å²) in [5, 5.41) is 5.19. The number of carbonyl (C=O) groups is 2. The van der Waals surface area contributed by atoms with Crippen LogP contribution in [0.2, 0.25) is 0 Å². The molecule has 0 unspecified atom stereocenters. The van der Waals surface area contributed by atoms with Crippen LogP contribution in [0, 0.1) is 12.3 Å². The lowest BCUT2D eigenvalue weighted by Gasteiger charge is -2.23. The molecule has 0 spiro atoms. The summed E-state index contributed by atoms with van der Waals surface area (Å²) in [5.41, 5.74) is 0. The van der Waals surface area contributed by atoms with Gasteiger partial charge in [-0.3, -0.25) is 9.59 Å². The van der Waals surface area contributed by atoms with Gasteiger partial charge >= 0.3 is 0 Å². The highest BCUT2D eigenvalue weighted by atomic mass is 33.1. The fraction of sp³-hybridized carbons (Fsp3) is 0.733. The fourth-order valence-corrected chi connectivity index (χ4v) is 3.12. The van der Waals surface area contributed by atoms with E-state index in [9.17, 15) is 9.59 Å². The van der Waals surface area contributed by atoms with E-state index in [2.05, 4.69) is 16.6 Å². The van der Waals surface area contributed by atoms with E-state index in [0.717, 1.165) is 0 Å². The summed E-state index contributed by atoms with van der Waals surface area (Å²) in [4.78, 5) is 21.5. The number of ether oxygens (including phenoxy) is 2. The second kappa shape index (κ2) is 16.0. The quantitative estimate of drug-likeness (QED) is 0.253. The number of rotatable bonds is 11. The van der Waals surface area contributed by atoms with E-state index in [0.29, 0.717) is 19.1 Å². The molecule has 0 aromatic heterocycles. The maximum Gasteiger partial charge on any atom is 0.246 e. The van der Waals surface area contributed by atoms with Crippen LogP contribution in [0.15, 0.2) is 0 Å². The molecule has 0 saturated carbocycles. The van der Waals surface area contributed by atoms with Crippen LogP contribution >= 0.6 is 21.6 Å². The molecule has 8 heteroatoms. The lowest BCUT2D eigenvalue weighted by molar-refractivity contribution is -0.126. The summed E-state index contributed by atoms with van der Waals surface area (Å²) >= 11 is 0. The highest BCUT2D eigenvalue weighted by Gasteiger charge is 2.19. The number of amides is 2. The van der Waals surface area contributed by atoms with E-state index in [1.54, 1.807) is 0 Å². The maximum absolute atomic E-state index is 11.2. The van der Waals surface area contributed by atoms with Crippen LogP contribution in [-0.2, 0) is 19.1 Å². The van der Waals surface area contributed by atoms with E-state index in [-0.39, 0.29) is 25.0 Å². The summed E-state index contributed by atoms with van der Waals surface area (Å²) in [5.74, 6) is 2.53. The third-order valence-electron chi connectivity index (χ3n) is 1.94. The first kappa shape index (κ1) is 24.4. The summed E-state index contributed by atoms with van der Waals surface area (Å²) in [6, 6.07) is 0. The summed E-state index contributed by atoms with van der Waals surface area (Å²) in [6.07, 6.45) is 5.01. The molecule has 0 fully saturated rings. The molecule has 0 atom stereocenters. The van der Waals surface area contributed by atoms with E-state index in [4.69, 9.17) is 15.9 Å². The molecule has 2 N–H and O–H groups in total. The molecule has 0 aliphatic rings. The van der Waals surface area contributed by atoms with Crippen LogP contribution < -0.4 is 10.6 Å². The second-order valence-corrected chi connectivity index (χ2v) is 7.24. The highest BCUT2D eigenvalue weighted by Crippen LogP contribution is 2.35. The maximum atomic E-state index is 11.2. The summed E-state index contributed by atoms with van der Waals surface area (Å²) in [6.45, 7) is 10.2. The third-order valence-corrected chi connectivity index (χ3v) is 4.75. The van der Waals surface area contributed by atoms with Gasteiger partial charge in [-0.05, 0) is 13.8 Å². The lowest BCUT2D eigenvalue weighted by atomic mass is 10.5. The number of carbonyl (C=O) groups excluding carboxylic acids is 2. The predicted molar refractivity (Wildman–Crippen MR) is 97.9 cm³/mol. The molecule has 2 amide bonds. The Balaban J connectivity index is 0. The molecule has 0 aromatic rings. The molecule has 0 aliphatic carbocycles. The Bertz CT molecular complexity index is 371.